The van der Waals surface area contributed by atoms with E-state index in [0.29, 0.717) is 11.1 Å². The minimum atomic E-state index is -4.30. The average Bonchev–Trinajstić information content (AvgIpc) is 4.02. The molecule has 8 heterocycles. The number of nitrogens with one attached hydrogen (secondary N) is 1. The fourth-order valence-corrected chi connectivity index (χ4v) is 10.5. The highest BCUT2D eigenvalue weighted by molar-refractivity contribution is 8.44. The molecule has 5 aromatic rings. The van der Waals surface area contributed by atoms with Crippen LogP contribution >= 0.6 is 25.8 Å². The third-order valence-electron chi connectivity index (χ3n) is 9.48. The van der Waals surface area contributed by atoms with Crippen LogP contribution in [0.25, 0.3) is 22.3 Å². The lowest BCUT2D eigenvalue weighted by atomic mass is 10.0. The fourth-order valence-electron chi connectivity index (χ4n) is 6.90. The van der Waals surface area contributed by atoms with Gasteiger partial charge in [-0.3, -0.25) is 27.5 Å². The zero-order valence-corrected chi connectivity index (χ0v) is 32.1. The first-order valence-corrected chi connectivity index (χ1v) is 22.2. The van der Waals surface area contributed by atoms with Crippen molar-refractivity contribution < 1.29 is 50.6 Å². The molecular weight excluding hydrogens is 817 g/mol. The largest absolute Gasteiger partial charge is 0.386 e. The maximum Gasteiger partial charge on any atom is 0.386 e. The SMILES string of the molecule is N#CCCOP1(=S)OC[C@@]23CO[C@@H]([C@H](n4cnc5c(NC(=O)c6ccccc6)ncnc54)O2)[C@@H]3OP(=O)(S)OC[C@H]2O[C@@H](n3cnc4cncnc43)[C@H](F)[C@@H]2O1. The van der Waals surface area contributed by atoms with Crippen molar-refractivity contribution in [2.45, 2.75) is 55.1 Å². The summed E-state index contributed by atoms with van der Waals surface area (Å²) in [5.41, 5.74) is 0.0660. The lowest BCUT2D eigenvalue weighted by Gasteiger charge is -2.35. The zero-order valence-electron chi connectivity index (χ0n) is 28.6. The molecule has 1 aromatic carbocycles. The van der Waals surface area contributed by atoms with E-state index in [1.807, 2.05) is 6.07 Å². The van der Waals surface area contributed by atoms with Crippen molar-refractivity contribution in [1.82, 2.24) is 39.0 Å². The van der Waals surface area contributed by atoms with Crippen LogP contribution in [0.2, 0.25) is 0 Å². The van der Waals surface area contributed by atoms with Gasteiger partial charge in [0.2, 0.25) is 0 Å². The normalized spacial score (nSPS) is 34.3. The van der Waals surface area contributed by atoms with Crippen LogP contribution in [-0.2, 0) is 53.2 Å². The molecule has 56 heavy (non-hydrogen) atoms. The quantitative estimate of drug-likeness (QED) is 0.135. The van der Waals surface area contributed by atoms with Gasteiger partial charge < -0.3 is 28.6 Å². The molecule has 0 radical (unpaired) electrons. The first kappa shape index (κ1) is 37.7. The monoisotopic (exact) mass is 846 g/mol. The number of nitriles is 1. The van der Waals surface area contributed by atoms with E-state index in [2.05, 4.69) is 47.5 Å². The highest BCUT2D eigenvalue weighted by atomic mass is 32.7. The second kappa shape index (κ2) is 14.8. The van der Waals surface area contributed by atoms with Crippen molar-refractivity contribution >= 4 is 71.6 Å². The molecule has 292 valence electrons. The summed E-state index contributed by atoms with van der Waals surface area (Å²) >= 11 is 10.1. The summed E-state index contributed by atoms with van der Waals surface area (Å²) in [4.78, 5) is 38.4. The number of imidazole rings is 2. The standard InChI is InChI=1S/C31H29FN10O10P2S2/c32-20-22-19(49-29(20)41-15-38-18-9-34-13-36-26(18)41)10-47-53(44,55)52-24-23-30(50-31(24,11-45-23)12-48-54(56,51-22)46-8-4-7-33)42-16-39-21-25(35-14-37-27(21)42)40-28(43)17-5-2-1-3-6-17/h1-3,5-6,9,13-16,19-20,22-24,29-30H,4,8,10-12H2,(H,44,55)(H,35,37,40,43)/t19-,20-,22-,23-,24+,29-,30-,31-,53?,54?/m1/s1. The fraction of sp³-hybridized carbons (Fsp3) is 0.419. The van der Waals surface area contributed by atoms with Crippen LogP contribution in [0, 0.1) is 11.3 Å². The highest BCUT2D eigenvalue weighted by Gasteiger charge is 2.66. The van der Waals surface area contributed by atoms with E-state index >= 15 is 4.39 Å². The Bertz CT molecular complexity index is 2450. The van der Waals surface area contributed by atoms with E-state index in [1.54, 1.807) is 34.9 Å². The van der Waals surface area contributed by atoms with Crippen molar-refractivity contribution in [2.75, 3.05) is 31.7 Å². The first-order valence-electron chi connectivity index (χ1n) is 16.9. The number of hydrogen-bond donors (Lipinski definition) is 2. The van der Waals surface area contributed by atoms with Crippen molar-refractivity contribution in [3.8, 4) is 6.07 Å². The maximum absolute atomic E-state index is 16.6. The molecule has 4 saturated heterocycles. The predicted molar refractivity (Wildman–Crippen MR) is 195 cm³/mol. The minimum Gasteiger partial charge on any atom is -0.367 e. The number of hydrogen-bond acceptors (Lipinski definition) is 18. The predicted octanol–water partition coefficient (Wildman–Crippen LogP) is 3.83. The van der Waals surface area contributed by atoms with Crippen molar-refractivity contribution in [2.24, 2.45) is 0 Å². The molecule has 4 aromatic heterocycles. The molecule has 4 aliphatic heterocycles. The Hall–Kier alpha value is -3.88. The number of thiol groups is 1. The van der Waals surface area contributed by atoms with E-state index in [1.165, 1.54) is 36.1 Å². The van der Waals surface area contributed by atoms with Crippen LogP contribution in [0.5, 0.6) is 0 Å². The Kier molecular flexibility index (Phi) is 9.97. The van der Waals surface area contributed by atoms with E-state index in [9.17, 15) is 14.6 Å². The third-order valence-corrected chi connectivity index (χ3v) is 13.4. The number of anilines is 1. The minimum absolute atomic E-state index is 0.0753. The second-order valence-corrected chi connectivity index (χ2v) is 18.8. The Balaban J connectivity index is 1.02. The molecule has 2 bridgehead atoms. The van der Waals surface area contributed by atoms with Gasteiger partial charge in [0, 0.05) is 5.56 Å². The lowest BCUT2D eigenvalue weighted by Crippen LogP contribution is -2.46. The topological polar surface area (TPSA) is 231 Å². The molecule has 25 heteroatoms. The number of alkyl halides is 1. The van der Waals surface area contributed by atoms with Gasteiger partial charge in [0.1, 0.15) is 48.2 Å². The summed E-state index contributed by atoms with van der Waals surface area (Å²) in [6.45, 7) is -9.53. The summed E-state index contributed by atoms with van der Waals surface area (Å²) in [6.07, 6.45) is -2.46. The van der Waals surface area contributed by atoms with Crippen LogP contribution < -0.4 is 5.32 Å². The maximum atomic E-state index is 16.6. The number of halogens is 1. The number of amides is 1. The molecule has 1 N–H and O–H groups in total. The van der Waals surface area contributed by atoms with Gasteiger partial charge in [-0.1, -0.05) is 30.4 Å². The summed E-state index contributed by atoms with van der Waals surface area (Å²) in [7, 11) is 0. The van der Waals surface area contributed by atoms with Gasteiger partial charge in [0.15, 0.2) is 41.3 Å². The molecule has 20 nitrogen and oxygen atoms in total. The molecule has 10 atom stereocenters. The van der Waals surface area contributed by atoms with Crippen molar-refractivity contribution in [1.29, 1.82) is 5.26 Å². The Labute approximate surface area is 325 Å². The summed E-state index contributed by atoms with van der Waals surface area (Å²) in [5.74, 6) is -0.262. The average molecular weight is 847 g/mol. The molecule has 0 saturated carbocycles. The number of rotatable bonds is 7. The number of nitrogens with zero attached hydrogens (tertiary/aromatic N) is 9. The molecular formula is C31H29FN10O10P2S2. The second-order valence-electron chi connectivity index (χ2n) is 12.9. The van der Waals surface area contributed by atoms with Crippen LogP contribution in [0.1, 0.15) is 29.2 Å². The number of aromatic nitrogens is 8. The molecule has 4 fully saturated rings. The van der Waals surface area contributed by atoms with Gasteiger partial charge in [-0.05, 0) is 23.9 Å². The molecule has 2 unspecified atom stereocenters. The van der Waals surface area contributed by atoms with Crippen LogP contribution in [0.15, 0.2) is 61.8 Å². The van der Waals surface area contributed by atoms with Crippen LogP contribution in [0.4, 0.5) is 10.2 Å². The molecule has 0 spiro atoms. The number of fused-ring (bicyclic) bond motifs is 3. The van der Waals surface area contributed by atoms with Gasteiger partial charge in [-0.2, -0.15) is 5.26 Å². The zero-order chi connectivity index (χ0) is 38.7. The van der Waals surface area contributed by atoms with Crippen LogP contribution in [-0.4, -0.2) is 108 Å². The van der Waals surface area contributed by atoms with Gasteiger partial charge in [-0.15, -0.1) is 0 Å². The highest BCUT2D eigenvalue weighted by Crippen LogP contribution is 2.62. The molecule has 9 rings (SSSR count). The van der Waals surface area contributed by atoms with Gasteiger partial charge >= 0.3 is 13.5 Å². The lowest BCUT2D eigenvalue weighted by molar-refractivity contribution is -0.183. The Morgan fingerprint density at radius 3 is 2.70 bits per heavy atom. The summed E-state index contributed by atoms with van der Waals surface area (Å²) in [6, 6.07) is 10.5. The van der Waals surface area contributed by atoms with E-state index < -0.39 is 81.3 Å². The van der Waals surface area contributed by atoms with Gasteiger partial charge in [0.25, 0.3) is 5.91 Å². The third kappa shape index (κ3) is 6.82. The summed E-state index contributed by atoms with van der Waals surface area (Å²) < 4.78 is 82.4. The van der Waals surface area contributed by atoms with Gasteiger partial charge in [0.05, 0.1) is 57.8 Å². The van der Waals surface area contributed by atoms with Crippen LogP contribution in [0.3, 0.4) is 0 Å². The molecule has 4 aliphatic rings. The smallest absolute Gasteiger partial charge is 0.367 e. The molecule has 0 aliphatic carbocycles. The number of carbonyl (C=O) groups is 1. The van der Waals surface area contributed by atoms with E-state index in [0.717, 1.165) is 0 Å². The summed E-state index contributed by atoms with van der Waals surface area (Å²) in [5, 5.41) is 12.0. The number of ether oxygens (including phenoxy) is 3. The Morgan fingerprint density at radius 2 is 1.86 bits per heavy atom. The van der Waals surface area contributed by atoms with Gasteiger partial charge in [-0.25, -0.2) is 38.9 Å². The van der Waals surface area contributed by atoms with Crippen molar-refractivity contribution in [3.05, 3.63) is 67.4 Å². The first-order chi connectivity index (χ1) is 27.1. The Morgan fingerprint density at radius 1 is 1.05 bits per heavy atom. The van der Waals surface area contributed by atoms with E-state index in [-0.39, 0.29) is 42.3 Å². The van der Waals surface area contributed by atoms with Crippen molar-refractivity contribution in [3.63, 3.8) is 0 Å². The number of benzene rings is 1. The number of carbonyl (C=O) groups excluding carboxylic acids is 1. The van der Waals surface area contributed by atoms with E-state index in [4.69, 9.17) is 48.6 Å². The molecule has 1 amide bonds.